The summed E-state index contributed by atoms with van der Waals surface area (Å²) in [5.41, 5.74) is 3.52. The minimum Gasteiger partial charge on any atom is -0.370 e. The second kappa shape index (κ2) is 8.89. The molecule has 0 aliphatic carbocycles. The third kappa shape index (κ3) is 5.60. The zero-order valence-electron chi connectivity index (χ0n) is 15.1. The lowest BCUT2D eigenvalue weighted by Crippen LogP contribution is -2.24. The highest BCUT2D eigenvalue weighted by Gasteiger charge is 2.08. The predicted molar refractivity (Wildman–Crippen MR) is 103 cm³/mol. The molecule has 2 aromatic carbocycles. The molecule has 0 saturated carbocycles. The Bertz CT molecular complexity index is 912. The van der Waals surface area contributed by atoms with Gasteiger partial charge in [0.15, 0.2) is 0 Å². The summed E-state index contributed by atoms with van der Waals surface area (Å²) in [4.78, 5) is 20.5. The van der Waals surface area contributed by atoms with Crippen LogP contribution in [-0.2, 0) is 13.0 Å². The van der Waals surface area contributed by atoms with E-state index >= 15 is 0 Å². The summed E-state index contributed by atoms with van der Waals surface area (Å²) >= 11 is 0. The number of amides is 1. The number of halogens is 1. The van der Waals surface area contributed by atoms with Crippen LogP contribution in [0.5, 0.6) is 0 Å². The zero-order valence-corrected chi connectivity index (χ0v) is 15.1. The van der Waals surface area contributed by atoms with Crippen molar-refractivity contribution < 1.29 is 9.18 Å². The molecule has 0 atom stereocenters. The van der Waals surface area contributed by atoms with Gasteiger partial charge in [0.1, 0.15) is 23.7 Å². The average Bonchev–Trinajstić information content (AvgIpc) is 2.68. The SMILES string of the molecule is Cc1cccc(CNC(=O)c2cc(NCCc3ccc(F)cc3)ncn2)c1. The molecule has 0 aliphatic heterocycles. The number of benzene rings is 2. The number of hydrogen-bond donors (Lipinski definition) is 2. The number of aromatic nitrogens is 2. The molecule has 6 heteroatoms. The number of rotatable bonds is 7. The highest BCUT2D eigenvalue weighted by Crippen LogP contribution is 2.08. The molecule has 0 spiro atoms. The van der Waals surface area contributed by atoms with Crippen molar-refractivity contribution in [3.05, 3.63) is 89.1 Å². The molecule has 0 bridgehead atoms. The fraction of sp³-hybridized carbons (Fsp3) is 0.190. The Morgan fingerprint density at radius 1 is 1.04 bits per heavy atom. The monoisotopic (exact) mass is 364 g/mol. The quantitative estimate of drug-likeness (QED) is 0.673. The van der Waals surface area contributed by atoms with Crippen molar-refractivity contribution in [1.82, 2.24) is 15.3 Å². The van der Waals surface area contributed by atoms with Crippen LogP contribution in [-0.4, -0.2) is 22.4 Å². The maximum atomic E-state index is 12.9. The smallest absolute Gasteiger partial charge is 0.270 e. The largest absolute Gasteiger partial charge is 0.370 e. The van der Waals surface area contributed by atoms with Crippen molar-refractivity contribution in [2.45, 2.75) is 19.9 Å². The normalized spacial score (nSPS) is 10.4. The minimum atomic E-state index is -0.250. The van der Waals surface area contributed by atoms with E-state index in [0.29, 0.717) is 24.6 Å². The Balaban J connectivity index is 1.53. The molecule has 0 saturated heterocycles. The number of nitrogens with one attached hydrogen (secondary N) is 2. The number of nitrogens with zero attached hydrogens (tertiary/aromatic N) is 2. The fourth-order valence-corrected chi connectivity index (χ4v) is 2.66. The van der Waals surface area contributed by atoms with E-state index in [0.717, 1.165) is 23.1 Å². The molecule has 27 heavy (non-hydrogen) atoms. The van der Waals surface area contributed by atoms with Crippen LogP contribution >= 0.6 is 0 Å². The molecule has 138 valence electrons. The molecule has 2 N–H and O–H groups in total. The first-order valence-corrected chi connectivity index (χ1v) is 8.74. The number of aryl methyl sites for hydroxylation is 1. The number of anilines is 1. The first-order valence-electron chi connectivity index (χ1n) is 8.74. The summed E-state index contributed by atoms with van der Waals surface area (Å²) in [6.07, 6.45) is 2.08. The van der Waals surface area contributed by atoms with Crippen LogP contribution in [0.3, 0.4) is 0 Å². The molecule has 3 rings (SSSR count). The third-order valence-electron chi connectivity index (χ3n) is 4.07. The maximum Gasteiger partial charge on any atom is 0.270 e. The van der Waals surface area contributed by atoms with E-state index in [4.69, 9.17) is 0 Å². The van der Waals surface area contributed by atoms with Crippen molar-refractivity contribution in [1.29, 1.82) is 0 Å². The Labute approximate surface area is 157 Å². The molecule has 5 nitrogen and oxygen atoms in total. The van der Waals surface area contributed by atoms with E-state index in [2.05, 4.69) is 20.6 Å². The summed E-state index contributed by atoms with van der Waals surface area (Å²) in [7, 11) is 0. The summed E-state index contributed by atoms with van der Waals surface area (Å²) in [6, 6.07) is 16.0. The lowest BCUT2D eigenvalue weighted by Gasteiger charge is -2.08. The molecule has 3 aromatic rings. The van der Waals surface area contributed by atoms with Crippen LogP contribution < -0.4 is 10.6 Å². The van der Waals surface area contributed by atoms with Crippen LogP contribution in [0.4, 0.5) is 10.2 Å². The molecule has 1 amide bonds. The van der Waals surface area contributed by atoms with E-state index in [1.807, 2.05) is 31.2 Å². The van der Waals surface area contributed by atoms with E-state index in [-0.39, 0.29) is 11.7 Å². The van der Waals surface area contributed by atoms with E-state index in [9.17, 15) is 9.18 Å². The number of hydrogen-bond acceptors (Lipinski definition) is 4. The van der Waals surface area contributed by atoms with Gasteiger partial charge >= 0.3 is 0 Å². The van der Waals surface area contributed by atoms with Gasteiger partial charge in [0, 0.05) is 19.2 Å². The van der Waals surface area contributed by atoms with Gasteiger partial charge in [-0.25, -0.2) is 14.4 Å². The number of carbonyl (C=O) groups excluding carboxylic acids is 1. The van der Waals surface area contributed by atoms with Gasteiger partial charge in [-0.3, -0.25) is 4.79 Å². The summed E-state index contributed by atoms with van der Waals surface area (Å²) in [6.45, 7) is 3.07. The van der Waals surface area contributed by atoms with Crippen LogP contribution in [0.25, 0.3) is 0 Å². The topological polar surface area (TPSA) is 66.9 Å². The van der Waals surface area contributed by atoms with Gasteiger partial charge in [0.2, 0.25) is 0 Å². The summed E-state index contributed by atoms with van der Waals surface area (Å²) in [5.74, 6) is 0.0807. The van der Waals surface area contributed by atoms with Gasteiger partial charge in [0.25, 0.3) is 5.91 Å². The Morgan fingerprint density at radius 3 is 2.63 bits per heavy atom. The van der Waals surface area contributed by atoms with Crippen molar-refractivity contribution in [2.24, 2.45) is 0 Å². The van der Waals surface area contributed by atoms with Crippen molar-refractivity contribution in [3.8, 4) is 0 Å². The predicted octanol–water partition coefficient (Wildman–Crippen LogP) is 3.51. The Hall–Kier alpha value is -3.28. The molecule has 0 radical (unpaired) electrons. The summed E-state index contributed by atoms with van der Waals surface area (Å²) in [5, 5.41) is 6.02. The van der Waals surface area contributed by atoms with E-state index in [1.165, 1.54) is 18.5 Å². The van der Waals surface area contributed by atoms with Crippen molar-refractivity contribution >= 4 is 11.7 Å². The van der Waals surface area contributed by atoms with Gasteiger partial charge < -0.3 is 10.6 Å². The van der Waals surface area contributed by atoms with Crippen LogP contribution in [0.2, 0.25) is 0 Å². The van der Waals surface area contributed by atoms with Crippen LogP contribution in [0, 0.1) is 12.7 Å². The molecule has 0 unspecified atom stereocenters. The minimum absolute atomic E-state index is 0.246. The maximum absolute atomic E-state index is 12.9. The first-order chi connectivity index (χ1) is 13.1. The average molecular weight is 364 g/mol. The molecular formula is C21H21FN4O. The van der Waals surface area contributed by atoms with Gasteiger partial charge in [-0.15, -0.1) is 0 Å². The molecular weight excluding hydrogens is 343 g/mol. The molecule has 1 heterocycles. The Kier molecular flexibility index (Phi) is 6.10. The Morgan fingerprint density at radius 2 is 1.85 bits per heavy atom. The lowest BCUT2D eigenvalue weighted by molar-refractivity contribution is 0.0945. The van der Waals surface area contributed by atoms with Crippen LogP contribution in [0.15, 0.2) is 60.9 Å². The second-order valence-electron chi connectivity index (χ2n) is 6.26. The lowest BCUT2D eigenvalue weighted by atomic mass is 10.1. The summed E-state index contributed by atoms with van der Waals surface area (Å²) < 4.78 is 12.9. The zero-order chi connectivity index (χ0) is 19.1. The van der Waals surface area contributed by atoms with Crippen molar-refractivity contribution in [2.75, 3.05) is 11.9 Å². The van der Waals surface area contributed by atoms with Crippen molar-refractivity contribution in [3.63, 3.8) is 0 Å². The molecule has 1 aromatic heterocycles. The fourth-order valence-electron chi connectivity index (χ4n) is 2.66. The van der Waals surface area contributed by atoms with Crippen LogP contribution in [0.1, 0.15) is 27.2 Å². The number of carbonyl (C=O) groups is 1. The second-order valence-corrected chi connectivity index (χ2v) is 6.26. The van der Waals surface area contributed by atoms with Gasteiger partial charge in [-0.1, -0.05) is 42.0 Å². The third-order valence-corrected chi connectivity index (χ3v) is 4.07. The highest BCUT2D eigenvalue weighted by molar-refractivity contribution is 5.92. The van der Waals surface area contributed by atoms with E-state index in [1.54, 1.807) is 18.2 Å². The van der Waals surface area contributed by atoms with Gasteiger partial charge in [-0.2, -0.15) is 0 Å². The molecule has 0 aliphatic rings. The highest BCUT2D eigenvalue weighted by atomic mass is 19.1. The van der Waals surface area contributed by atoms with E-state index < -0.39 is 0 Å². The standard InChI is InChI=1S/C21H21FN4O/c1-15-3-2-4-17(11-15)13-24-21(27)19-12-20(26-14-25-19)23-10-9-16-5-7-18(22)8-6-16/h2-8,11-12,14H,9-10,13H2,1H3,(H,24,27)(H,23,25,26). The first kappa shape index (κ1) is 18.5. The molecule has 0 fully saturated rings. The van der Waals surface area contributed by atoms with Gasteiger partial charge in [-0.05, 0) is 36.6 Å². The van der Waals surface area contributed by atoms with Gasteiger partial charge in [0.05, 0.1) is 0 Å².